The molecule has 0 spiro atoms. The number of aromatic nitrogens is 2. The Bertz CT molecular complexity index is 786. The lowest BCUT2D eigenvalue weighted by atomic mass is 10.0. The molecule has 6 heteroatoms. The van der Waals surface area contributed by atoms with Crippen molar-refractivity contribution in [1.29, 1.82) is 0 Å². The summed E-state index contributed by atoms with van der Waals surface area (Å²) in [5.41, 5.74) is 3.51. The van der Waals surface area contributed by atoms with Crippen molar-refractivity contribution in [2.75, 3.05) is 25.6 Å². The minimum atomic E-state index is 0.254. The second-order valence-corrected chi connectivity index (χ2v) is 6.15. The summed E-state index contributed by atoms with van der Waals surface area (Å²) in [5, 5.41) is 6.65. The Kier molecular flexibility index (Phi) is 4.57. The molecular weight excluding hydrogens is 318 g/mol. The second kappa shape index (κ2) is 6.60. The summed E-state index contributed by atoms with van der Waals surface area (Å²) in [6, 6.07) is 8.44. The van der Waals surface area contributed by atoms with Crippen LogP contribution in [0.1, 0.15) is 5.56 Å². The number of methoxy groups -OCH3 is 1. The van der Waals surface area contributed by atoms with Gasteiger partial charge in [-0.25, -0.2) is 9.97 Å². The van der Waals surface area contributed by atoms with Gasteiger partial charge < -0.3 is 10.1 Å². The smallest absolute Gasteiger partial charge is 0.225 e. The topological polar surface area (TPSA) is 47.0 Å². The number of ether oxygens (including phenoxy) is 1. The van der Waals surface area contributed by atoms with Crippen molar-refractivity contribution in [1.82, 2.24) is 9.97 Å². The first-order chi connectivity index (χ1) is 10.7. The summed E-state index contributed by atoms with van der Waals surface area (Å²) in [6.07, 6.45) is 0. The van der Waals surface area contributed by atoms with E-state index in [0.29, 0.717) is 13.2 Å². The third-order valence-corrected chi connectivity index (χ3v) is 4.41. The molecule has 22 heavy (non-hydrogen) atoms. The summed E-state index contributed by atoms with van der Waals surface area (Å²) < 4.78 is 5.08. The molecule has 1 N–H and O–H groups in total. The lowest BCUT2D eigenvalue weighted by Gasteiger charge is -2.08. The van der Waals surface area contributed by atoms with Gasteiger partial charge in [-0.15, -0.1) is 11.3 Å². The first-order valence-corrected chi connectivity index (χ1v) is 8.19. The number of aryl methyl sites for hydroxylation is 1. The van der Waals surface area contributed by atoms with Crippen LogP contribution in [0.5, 0.6) is 0 Å². The molecule has 0 amide bonds. The Morgan fingerprint density at radius 3 is 2.73 bits per heavy atom. The SMILES string of the molecule is COCCNc1nc(Cl)nc2scc(-c3ccc(C)cc3)c12. The van der Waals surface area contributed by atoms with Gasteiger partial charge in [0.25, 0.3) is 0 Å². The molecule has 0 radical (unpaired) electrons. The monoisotopic (exact) mass is 333 g/mol. The third-order valence-electron chi connectivity index (χ3n) is 3.37. The molecule has 3 rings (SSSR count). The maximum Gasteiger partial charge on any atom is 0.225 e. The lowest BCUT2D eigenvalue weighted by Crippen LogP contribution is -2.09. The summed E-state index contributed by atoms with van der Waals surface area (Å²) >= 11 is 7.60. The molecule has 0 unspecified atom stereocenters. The summed E-state index contributed by atoms with van der Waals surface area (Å²) in [6.45, 7) is 3.35. The van der Waals surface area contributed by atoms with E-state index in [1.54, 1.807) is 18.4 Å². The van der Waals surface area contributed by atoms with Gasteiger partial charge in [0.1, 0.15) is 10.6 Å². The number of rotatable bonds is 5. The molecule has 4 nitrogen and oxygen atoms in total. The summed E-state index contributed by atoms with van der Waals surface area (Å²) in [4.78, 5) is 9.56. The van der Waals surface area contributed by atoms with E-state index in [4.69, 9.17) is 16.3 Å². The average molecular weight is 334 g/mol. The Morgan fingerprint density at radius 2 is 2.00 bits per heavy atom. The van der Waals surface area contributed by atoms with E-state index < -0.39 is 0 Å². The van der Waals surface area contributed by atoms with Gasteiger partial charge in [0.05, 0.1) is 12.0 Å². The highest BCUT2D eigenvalue weighted by atomic mass is 35.5. The summed E-state index contributed by atoms with van der Waals surface area (Å²) in [7, 11) is 1.67. The van der Waals surface area contributed by atoms with Crippen molar-refractivity contribution < 1.29 is 4.74 Å². The molecular formula is C16H16ClN3OS. The van der Waals surface area contributed by atoms with Crippen LogP contribution in [0.3, 0.4) is 0 Å². The molecule has 0 atom stereocenters. The zero-order valence-electron chi connectivity index (χ0n) is 12.4. The molecule has 2 heterocycles. The van der Waals surface area contributed by atoms with Crippen LogP contribution in [-0.4, -0.2) is 30.2 Å². The zero-order chi connectivity index (χ0) is 15.5. The number of hydrogen-bond acceptors (Lipinski definition) is 5. The average Bonchev–Trinajstić information content (AvgIpc) is 2.92. The Hall–Kier alpha value is -1.69. The van der Waals surface area contributed by atoms with Gasteiger partial charge in [0.2, 0.25) is 5.28 Å². The van der Waals surface area contributed by atoms with Gasteiger partial charge in [-0.3, -0.25) is 0 Å². The van der Waals surface area contributed by atoms with E-state index >= 15 is 0 Å². The molecule has 3 aromatic rings. The lowest BCUT2D eigenvalue weighted by molar-refractivity contribution is 0.210. The van der Waals surface area contributed by atoms with Gasteiger partial charge in [-0.1, -0.05) is 29.8 Å². The van der Waals surface area contributed by atoms with Gasteiger partial charge >= 0.3 is 0 Å². The summed E-state index contributed by atoms with van der Waals surface area (Å²) in [5.74, 6) is 0.754. The van der Waals surface area contributed by atoms with Crippen LogP contribution in [0.25, 0.3) is 21.3 Å². The molecule has 0 aliphatic rings. The molecule has 2 aromatic heterocycles. The van der Waals surface area contributed by atoms with E-state index in [-0.39, 0.29) is 5.28 Å². The maximum atomic E-state index is 6.03. The first kappa shape index (κ1) is 15.2. The number of anilines is 1. The van der Waals surface area contributed by atoms with Crippen molar-refractivity contribution in [3.63, 3.8) is 0 Å². The van der Waals surface area contributed by atoms with Crippen LogP contribution in [0.2, 0.25) is 5.28 Å². The molecule has 0 saturated heterocycles. The molecule has 0 saturated carbocycles. The van der Waals surface area contributed by atoms with Gasteiger partial charge in [0, 0.05) is 24.6 Å². The van der Waals surface area contributed by atoms with Crippen molar-refractivity contribution in [3.8, 4) is 11.1 Å². The first-order valence-electron chi connectivity index (χ1n) is 6.93. The van der Waals surface area contributed by atoms with E-state index in [1.165, 1.54) is 5.56 Å². The quantitative estimate of drug-likeness (QED) is 0.556. The van der Waals surface area contributed by atoms with Crippen LogP contribution in [-0.2, 0) is 4.74 Å². The minimum absolute atomic E-state index is 0.254. The van der Waals surface area contributed by atoms with Crippen LogP contribution in [0, 0.1) is 6.92 Å². The zero-order valence-corrected chi connectivity index (χ0v) is 14.0. The van der Waals surface area contributed by atoms with Crippen molar-refractivity contribution >= 4 is 39.0 Å². The fourth-order valence-electron chi connectivity index (χ4n) is 2.26. The van der Waals surface area contributed by atoms with Gasteiger partial charge in [-0.05, 0) is 24.1 Å². The van der Waals surface area contributed by atoms with E-state index in [0.717, 1.165) is 27.2 Å². The predicted octanol–water partition coefficient (Wildman–Crippen LogP) is 4.38. The number of benzene rings is 1. The molecule has 114 valence electrons. The highest BCUT2D eigenvalue weighted by molar-refractivity contribution is 7.17. The highest BCUT2D eigenvalue weighted by Gasteiger charge is 2.14. The number of nitrogens with one attached hydrogen (secondary N) is 1. The van der Waals surface area contributed by atoms with Gasteiger partial charge in [-0.2, -0.15) is 0 Å². The van der Waals surface area contributed by atoms with Crippen molar-refractivity contribution in [2.24, 2.45) is 0 Å². The van der Waals surface area contributed by atoms with Crippen LogP contribution < -0.4 is 5.32 Å². The van der Waals surface area contributed by atoms with Crippen LogP contribution in [0.4, 0.5) is 5.82 Å². The van der Waals surface area contributed by atoms with Crippen LogP contribution in [0.15, 0.2) is 29.6 Å². The minimum Gasteiger partial charge on any atom is -0.383 e. The molecule has 0 aliphatic heterocycles. The fourth-order valence-corrected chi connectivity index (χ4v) is 3.43. The van der Waals surface area contributed by atoms with Crippen molar-refractivity contribution in [3.05, 3.63) is 40.5 Å². The van der Waals surface area contributed by atoms with E-state index in [1.807, 2.05) is 0 Å². The fraction of sp³-hybridized carbons (Fsp3) is 0.250. The standard InChI is InChI=1S/C16H16ClN3OS/c1-10-3-5-11(6-4-10)12-9-22-15-13(12)14(18-7-8-21-2)19-16(17)20-15/h3-6,9H,7-8H2,1-2H3,(H,18,19,20). The number of hydrogen-bond donors (Lipinski definition) is 1. The number of fused-ring (bicyclic) bond motifs is 1. The number of nitrogens with zero attached hydrogens (tertiary/aromatic N) is 2. The Balaban J connectivity index is 2.09. The molecule has 1 aromatic carbocycles. The number of thiophene rings is 1. The second-order valence-electron chi connectivity index (χ2n) is 4.96. The highest BCUT2D eigenvalue weighted by Crippen LogP contribution is 2.37. The Morgan fingerprint density at radius 1 is 1.23 bits per heavy atom. The molecule has 0 bridgehead atoms. The molecule has 0 aliphatic carbocycles. The largest absolute Gasteiger partial charge is 0.383 e. The van der Waals surface area contributed by atoms with E-state index in [2.05, 4.69) is 51.9 Å². The number of halogens is 1. The Labute approximate surface area is 138 Å². The maximum absolute atomic E-state index is 6.03. The predicted molar refractivity (Wildman–Crippen MR) is 93.0 cm³/mol. The normalized spacial score (nSPS) is 11.0. The van der Waals surface area contributed by atoms with Crippen LogP contribution >= 0.6 is 22.9 Å². The van der Waals surface area contributed by atoms with E-state index in [9.17, 15) is 0 Å². The third kappa shape index (κ3) is 3.06. The molecule has 0 fully saturated rings. The van der Waals surface area contributed by atoms with Crippen molar-refractivity contribution in [2.45, 2.75) is 6.92 Å². The van der Waals surface area contributed by atoms with Gasteiger partial charge in [0.15, 0.2) is 0 Å².